The fourth-order valence-corrected chi connectivity index (χ4v) is 3.44. The van der Waals surface area contributed by atoms with Crippen molar-refractivity contribution in [3.63, 3.8) is 0 Å². The highest BCUT2D eigenvalue weighted by molar-refractivity contribution is 5.84. The molecule has 1 aliphatic rings. The summed E-state index contributed by atoms with van der Waals surface area (Å²) in [5, 5.41) is 3.08. The third-order valence-corrected chi connectivity index (χ3v) is 4.99. The first-order chi connectivity index (χ1) is 12.7. The molecule has 1 heterocycles. The van der Waals surface area contributed by atoms with Crippen LogP contribution in [0.2, 0.25) is 0 Å². The molecule has 1 aromatic rings. The van der Waals surface area contributed by atoms with Crippen LogP contribution < -0.4 is 14.8 Å². The number of carbonyl (C=O) groups is 2. The number of hydrogen-bond donors (Lipinski definition) is 1. The molecule has 2 amide bonds. The maximum atomic E-state index is 12.8. The Balaban J connectivity index is 2.05. The van der Waals surface area contributed by atoms with Crippen LogP contribution in [0.5, 0.6) is 11.5 Å². The summed E-state index contributed by atoms with van der Waals surface area (Å²) in [6.45, 7) is 8.88. The van der Waals surface area contributed by atoms with Gasteiger partial charge in [-0.2, -0.15) is 0 Å². The summed E-state index contributed by atoms with van der Waals surface area (Å²) in [6.07, 6.45) is 1.65. The number of carbonyl (C=O) groups excluding carboxylic acids is 2. The minimum absolute atomic E-state index is 0.0215. The van der Waals surface area contributed by atoms with E-state index in [-0.39, 0.29) is 23.8 Å². The van der Waals surface area contributed by atoms with Crippen molar-refractivity contribution < 1.29 is 19.1 Å². The number of nitrogens with one attached hydrogen (secondary N) is 1. The largest absolute Gasteiger partial charge is 0.497 e. The van der Waals surface area contributed by atoms with E-state index in [9.17, 15) is 9.59 Å². The molecular formula is C21H32N2O4. The molecule has 6 heteroatoms. The van der Waals surface area contributed by atoms with Crippen molar-refractivity contribution in [2.24, 2.45) is 11.3 Å². The van der Waals surface area contributed by atoms with Crippen LogP contribution in [0.15, 0.2) is 18.2 Å². The average molecular weight is 376 g/mol. The lowest BCUT2D eigenvalue weighted by Crippen LogP contribution is -2.49. The van der Waals surface area contributed by atoms with Crippen LogP contribution in [0.1, 0.15) is 52.1 Å². The Bertz CT molecular complexity index is 681. The fraction of sp³-hybridized carbons (Fsp3) is 0.619. The van der Waals surface area contributed by atoms with E-state index in [0.29, 0.717) is 18.0 Å². The minimum atomic E-state index is -0.428. The van der Waals surface area contributed by atoms with Crippen LogP contribution in [0, 0.1) is 11.3 Å². The van der Waals surface area contributed by atoms with Crippen molar-refractivity contribution in [3.05, 3.63) is 23.8 Å². The molecule has 2 atom stereocenters. The van der Waals surface area contributed by atoms with Gasteiger partial charge in [-0.05, 0) is 31.9 Å². The molecule has 0 aliphatic carbocycles. The summed E-state index contributed by atoms with van der Waals surface area (Å²) in [7, 11) is 3.21. The lowest BCUT2D eigenvalue weighted by molar-refractivity contribution is -0.142. The first kappa shape index (κ1) is 21.1. The zero-order chi connectivity index (χ0) is 20.2. The van der Waals surface area contributed by atoms with Gasteiger partial charge in [0.2, 0.25) is 11.8 Å². The number of rotatable bonds is 5. The van der Waals surface area contributed by atoms with E-state index < -0.39 is 5.41 Å². The summed E-state index contributed by atoms with van der Waals surface area (Å²) >= 11 is 0. The third-order valence-electron chi connectivity index (χ3n) is 4.99. The second-order valence-corrected chi connectivity index (χ2v) is 8.18. The van der Waals surface area contributed by atoms with Gasteiger partial charge in [-0.15, -0.1) is 0 Å². The van der Waals surface area contributed by atoms with E-state index in [4.69, 9.17) is 9.47 Å². The first-order valence-electron chi connectivity index (χ1n) is 9.49. The molecule has 1 aliphatic heterocycles. The van der Waals surface area contributed by atoms with Gasteiger partial charge >= 0.3 is 0 Å². The lowest BCUT2D eigenvalue weighted by atomic mass is 9.90. The molecule has 1 aromatic carbocycles. The Morgan fingerprint density at radius 1 is 1.22 bits per heavy atom. The lowest BCUT2D eigenvalue weighted by Gasteiger charge is -2.36. The van der Waals surface area contributed by atoms with Gasteiger partial charge in [-0.1, -0.05) is 20.8 Å². The van der Waals surface area contributed by atoms with Gasteiger partial charge in [-0.25, -0.2) is 0 Å². The molecule has 1 fully saturated rings. The number of benzene rings is 1. The van der Waals surface area contributed by atoms with E-state index in [2.05, 4.69) is 5.32 Å². The number of ether oxygens (including phenoxy) is 2. The third kappa shape index (κ3) is 5.15. The van der Waals surface area contributed by atoms with Gasteiger partial charge < -0.3 is 19.7 Å². The Morgan fingerprint density at radius 2 is 1.93 bits per heavy atom. The summed E-state index contributed by atoms with van der Waals surface area (Å²) in [5.41, 5.74) is 0.465. The topological polar surface area (TPSA) is 67.9 Å². The van der Waals surface area contributed by atoms with Crippen LogP contribution >= 0.6 is 0 Å². The van der Waals surface area contributed by atoms with Crippen molar-refractivity contribution in [2.45, 2.75) is 46.6 Å². The molecule has 0 spiro atoms. The van der Waals surface area contributed by atoms with Crippen LogP contribution in [0.3, 0.4) is 0 Å². The highest BCUT2D eigenvalue weighted by Gasteiger charge is 2.33. The molecule has 2 rings (SSSR count). The van der Waals surface area contributed by atoms with E-state index in [1.54, 1.807) is 14.2 Å². The predicted molar refractivity (Wildman–Crippen MR) is 105 cm³/mol. The standard InChI is InChI=1S/C21H32N2O4/c1-14(17-10-9-16(26-5)12-18(17)27-6)22-19(24)15-8-7-11-23(13-15)20(25)21(2,3)4/h9-10,12,14-15H,7-8,11,13H2,1-6H3,(H,22,24). The number of hydrogen-bond acceptors (Lipinski definition) is 4. The van der Waals surface area contributed by atoms with Gasteiger partial charge in [-0.3, -0.25) is 9.59 Å². The normalized spacial score (nSPS) is 18.6. The highest BCUT2D eigenvalue weighted by Crippen LogP contribution is 2.30. The van der Waals surface area contributed by atoms with Gasteiger partial charge in [0.25, 0.3) is 0 Å². The Morgan fingerprint density at radius 3 is 2.52 bits per heavy atom. The first-order valence-corrected chi connectivity index (χ1v) is 9.49. The van der Waals surface area contributed by atoms with Gasteiger partial charge in [0.15, 0.2) is 0 Å². The Labute approximate surface area is 162 Å². The molecule has 1 saturated heterocycles. The molecule has 1 N–H and O–H groups in total. The molecule has 0 saturated carbocycles. The molecular weight excluding hydrogens is 344 g/mol. The van der Waals surface area contributed by atoms with Crippen molar-refractivity contribution in [1.29, 1.82) is 0 Å². The number of nitrogens with zero attached hydrogens (tertiary/aromatic N) is 1. The maximum Gasteiger partial charge on any atom is 0.227 e. The van der Waals surface area contributed by atoms with Gasteiger partial charge in [0.1, 0.15) is 11.5 Å². The predicted octanol–water partition coefficient (Wildman–Crippen LogP) is 3.17. The zero-order valence-electron chi connectivity index (χ0n) is 17.3. The molecule has 0 aromatic heterocycles. The number of piperidine rings is 1. The molecule has 2 unspecified atom stereocenters. The second-order valence-electron chi connectivity index (χ2n) is 8.18. The molecule has 150 valence electrons. The molecule has 0 radical (unpaired) electrons. The monoisotopic (exact) mass is 376 g/mol. The van der Waals surface area contributed by atoms with Crippen LogP contribution in [0.25, 0.3) is 0 Å². The fourth-order valence-electron chi connectivity index (χ4n) is 3.44. The Kier molecular flexibility index (Phi) is 6.73. The molecule has 0 bridgehead atoms. The van der Waals surface area contributed by atoms with E-state index in [1.165, 1.54) is 0 Å². The van der Waals surface area contributed by atoms with Gasteiger partial charge in [0.05, 0.1) is 26.2 Å². The summed E-state index contributed by atoms with van der Waals surface area (Å²) in [6, 6.07) is 5.36. The molecule has 27 heavy (non-hydrogen) atoms. The Hall–Kier alpha value is -2.24. The van der Waals surface area contributed by atoms with Crippen LogP contribution in [-0.2, 0) is 9.59 Å². The molecule has 6 nitrogen and oxygen atoms in total. The van der Waals surface area contributed by atoms with Crippen molar-refractivity contribution >= 4 is 11.8 Å². The smallest absolute Gasteiger partial charge is 0.227 e. The van der Waals surface area contributed by atoms with Crippen molar-refractivity contribution in [2.75, 3.05) is 27.3 Å². The van der Waals surface area contributed by atoms with Crippen LogP contribution in [-0.4, -0.2) is 44.0 Å². The van der Waals surface area contributed by atoms with E-state index in [1.807, 2.05) is 50.8 Å². The van der Waals surface area contributed by atoms with Crippen molar-refractivity contribution in [1.82, 2.24) is 10.2 Å². The second kappa shape index (κ2) is 8.63. The average Bonchev–Trinajstić information content (AvgIpc) is 2.65. The summed E-state index contributed by atoms with van der Waals surface area (Å²) in [5.74, 6) is 1.28. The highest BCUT2D eigenvalue weighted by atomic mass is 16.5. The van der Waals surface area contributed by atoms with E-state index in [0.717, 1.165) is 24.9 Å². The zero-order valence-corrected chi connectivity index (χ0v) is 17.3. The SMILES string of the molecule is COc1ccc(C(C)NC(=O)C2CCCN(C(=O)C(C)(C)C)C2)c(OC)c1. The summed E-state index contributed by atoms with van der Waals surface area (Å²) < 4.78 is 10.7. The summed E-state index contributed by atoms with van der Waals surface area (Å²) in [4.78, 5) is 27.2. The quantitative estimate of drug-likeness (QED) is 0.857. The number of amides is 2. The van der Waals surface area contributed by atoms with Crippen LogP contribution in [0.4, 0.5) is 0 Å². The number of methoxy groups -OCH3 is 2. The van der Waals surface area contributed by atoms with Gasteiger partial charge in [0, 0.05) is 30.1 Å². The minimum Gasteiger partial charge on any atom is -0.497 e. The van der Waals surface area contributed by atoms with E-state index >= 15 is 0 Å². The maximum absolute atomic E-state index is 12.8. The number of likely N-dealkylation sites (tertiary alicyclic amines) is 1. The van der Waals surface area contributed by atoms with Crippen molar-refractivity contribution in [3.8, 4) is 11.5 Å².